The molecule has 20 heavy (non-hydrogen) atoms. The van der Waals surface area contributed by atoms with Crippen molar-refractivity contribution in [3.63, 3.8) is 0 Å². The zero-order valence-electron chi connectivity index (χ0n) is 11.6. The first-order chi connectivity index (χ1) is 9.49. The van der Waals surface area contributed by atoms with E-state index in [1.807, 2.05) is 25.1 Å². The highest BCUT2D eigenvalue weighted by Gasteiger charge is 2.04. The Morgan fingerprint density at radius 1 is 1.25 bits per heavy atom. The van der Waals surface area contributed by atoms with E-state index in [1.165, 1.54) is 0 Å². The largest absolute Gasteiger partial charge is 0.481 e. The second-order valence-electron chi connectivity index (χ2n) is 4.81. The van der Waals surface area contributed by atoms with E-state index in [9.17, 15) is 9.59 Å². The van der Waals surface area contributed by atoms with E-state index in [-0.39, 0.29) is 12.3 Å². The smallest absolute Gasteiger partial charge is 0.303 e. The Morgan fingerprint density at radius 3 is 2.65 bits per heavy atom. The molecule has 4 nitrogen and oxygen atoms in total. The number of carbonyl (C=O) groups excluding carboxylic acids is 1. The monoisotopic (exact) mass is 341 g/mol. The number of hydrogen-bond donors (Lipinski definition) is 2. The normalized spacial score (nSPS) is 10.3. The molecule has 0 atom stereocenters. The summed E-state index contributed by atoms with van der Waals surface area (Å²) in [5.74, 6) is -0.766. The molecule has 0 radical (unpaired) electrons. The summed E-state index contributed by atoms with van der Waals surface area (Å²) in [4.78, 5) is 22.1. The molecule has 0 fully saturated rings. The van der Waals surface area contributed by atoms with Gasteiger partial charge in [-0.2, -0.15) is 0 Å². The number of aryl methyl sites for hydroxylation is 1. The molecule has 0 aliphatic rings. The second-order valence-corrected chi connectivity index (χ2v) is 5.67. The maximum atomic E-state index is 11.7. The molecule has 0 unspecified atom stereocenters. The van der Waals surface area contributed by atoms with E-state index in [0.29, 0.717) is 19.4 Å². The third-order valence-corrected chi connectivity index (χ3v) is 3.84. The van der Waals surface area contributed by atoms with Gasteiger partial charge in [-0.1, -0.05) is 34.5 Å². The van der Waals surface area contributed by atoms with E-state index in [0.717, 1.165) is 28.4 Å². The number of nitrogens with one attached hydrogen (secondary N) is 1. The highest BCUT2D eigenvalue weighted by molar-refractivity contribution is 9.10. The van der Waals surface area contributed by atoms with Crippen molar-refractivity contribution in [1.29, 1.82) is 0 Å². The Morgan fingerprint density at radius 2 is 2.00 bits per heavy atom. The molecule has 1 aromatic rings. The van der Waals surface area contributed by atoms with Crippen molar-refractivity contribution in [2.24, 2.45) is 0 Å². The Balaban J connectivity index is 2.20. The molecule has 0 aromatic heterocycles. The number of carboxylic acid groups (broad SMARTS) is 1. The number of unbranched alkanes of at least 4 members (excludes halogenated alkanes) is 2. The molecule has 0 bridgehead atoms. The summed E-state index contributed by atoms with van der Waals surface area (Å²) in [6.45, 7) is 2.61. The van der Waals surface area contributed by atoms with Gasteiger partial charge in [0.2, 0.25) is 5.91 Å². The topological polar surface area (TPSA) is 66.4 Å². The summed E-state index contributed by atoms with van der Waals surface area (Å²) in [6, 6.07) is 5.90. The lowest BCUT2D eigenvalue weighted by Crippen LogP contribution is -2.26. The fourth-order valence-electron chi connectivity index (χ4n) is 1.80. The number of hydrogen-bond acceptors (Lipinski definition) is 2. The standard InChI is InChI=1S/C15H20BrNO3/c1-11-6-7-12(9-13(11)16)10-14(18)17-8-4-2-3-5-15(19)20/h6-7,9H,2-5,8,10H2,1H3,(H,17,18)(H,19,20). The van der Waals surface area contributed by atoms with Crippen molar-refractivity contribution in [1.82, 2.24) is 5.32 Å². The maximum Gasteiger partial charge on any atom is 0.303 e. The van der Waals surface area contributed by atoms with Crippen molar-refractivity contribution < 1.29 is 14.7 Å². The number of aliphatic carboxylic acids is 1. The highest BCUT2D eigenvalue weighted by atomic mass is 79.9. The summed E-state index contributed by atoms with van der Waals surface area (Å²) in [5, 5.41) is 11.3. The van der Waals surface area contributed by atoms with Crippen LogP contribution in [0.2, 0.25) is 0 Å². The number of benzene rings is 1. The molecule has 1 amide bonds. The van der Waals surface area contributed by atoms with Crippen LogP contribution in [0.25, 0.3) is 0 Å². The van der Waals surface area contributed by atoms with Crippen LogP contribution in [0, 0.1) is 6.92 Å². The fourth-order valence-corrected chi connectivity index (χ4v) is 2.23. The van der Waals surface area contributed by atoms with E-state index in [2.05, 4.69) is 21.2 Å². The summed E-state index contributed by atoms with van der Waals surface area (Å²) in [6.07, 6.45) is 2.87. The van der Waals surface area contributed by atoms with Crippen LogP contribution in [0.5, 0.6) is 0 Å². The second kappa shape index (κ2) is 8.74. The molecule has 0 saturated carbocycles. The fraction of sp³-hybridized carbons (Fsp3) is 0.467. The molecule has 0 spiro atoms. The number of carboxylic acids is 1. The lowest BCUT2D eigenvalue weighted by Gasteiger charge is -2.06. The average molecular weight is 342 g/mol. The molecule has 0 aliphatic heterocycles. The van der Waals surface area contributed by atoms with Gasteiger partial charge in [-0.15, -0.1) is 0 Å². The van der Waals surface area contributed by atoms with Gasteiger partial charge in [-0.25, -0.2) is 0 Å². The van der Waals surface area contributed by atoms with Gasteiger partial charge in [0.15, 0.2) is 0 Å². The zero-order chi connectivity index (χ0) is 15.0. The summed E-state index contributed by atoms with van der Waals surface area (Å²) in [7, 11) is 0. The van der Waals surface area contributed by atoms with Crippen molar-refractivity contribution in [3.8, 4) is 0 Å². The predicted molar refractivity (Wildman–Crippen MR) is 81.7 cm³/mol. The number of amides is 1. The SMILES string of the molecule is Cc1ccc(CC(=O)NCCCCCC(=O)O)cc1Br. The average Bonchev–Trinajstić information content (AvgIpc) is 2.38. The third kappa shape index (κ3) is 6.70. The Kier molecular flexibility index (Phi) is 7.30. The molecule has 5 heteroatoms. The van der Waals surface area contributed by atoms with Gasteiger partial charge in [0, 0.05) is 17.4 Å². The Hall–Kier alpha value is -1.36. The Bertz CT molecular complexity index is 474. The van der Waals surface area contributed by atoms with Gasteiger partial charge < -0.3 is 10.4 Å². The van der Waals surface area contributed by atoms with Crippen LogP contribution in [0.15, 0.2) is 22.7 Å². The van der Waals surface area contributed by atoms with Crippen LogP contribution in [0.3, 0.4) is 0 Å². The molecule has 0 saturated heterocycles. The molecule has 2 N–H and O–H groups in total. The summed E-state index contributed by atoms with van der Waals surface area (Å²) in [5.41, 5.74) is 2.12. The minimum atomic E-state index is -0.765. The molecular weight excluding hydrogens is 322 g/mol. The van der Waals surface area contributed by atoms with Crippen LogP contribution in [0.1, 0.15) is 36.8 Å². The number of rotatable bonds is 8. The van der Waals surface area contributed by atoms with E-state index in [4.69, 9.17) is 5.11 Å². The quantitative estimate of drug-likeness (QED) is 0.714. The van der Waals surface area contributed by atoms with E-state index < -0.39 is 5.97 Å². The maximum absolute atomic E-state index is 11.7. The van der Waals surface area contributed by atoms with Crippen LogP contribution >= 0.6 is 15.9 Å². The van der Waals surface area contributed by atoms with Crippen molar-refractivity contribution >= 4 is 27.8 Å². The third-order valence-electron chi connectivity index (χ3n) is 2.99. The van der Waals surface area contributed by atoms with Crippen LogP contribution in [-0.4, -0.2) is 23.5 Å². The lowest BCUT2D eigenvalue weighted by molar-refractivity contribution is -0.137. The first kappa shape index (κ1) is 16.7. The first-order valence-electron chi connectivity index (χ1n) is 6.72. The van der Waals surface area contributed by atoms with Gasteiger partial charge in [0.05, 0.1) is 6.42 Å². The van der Waals surface area contributed by atoms with Crippen molar-refractivity contribution in [3.05, 3.63) is 33.8 Å². The molecule has 1 aromatic carbocycles. The van der Waals surface area contributed by atoms with Crippen LogP contribution < -0.4 is 5.32 Å². The highest BCUT2D eigenvalue weighted by Crippen LogP contribution is 2.17. The predicted octanol–water partition coefficient (Wildman–Crippen LogP) is 3.06. The minimum absolute atomic E-state index is 0.000937. The summed E-state index contributed by atoms with van der Waals surface area (Å²) >= 11 is 3.45. The number of carbonyl (C=O) groups is 2. The molecule has 1 rings (SSSR count). The van der Waals surface area contributed by atoms with Crippen LogP contribution in [0.4, 0.5) is 0 Å². The number of halogens is 1. The molecule has 0 aliphatic carbocycles. The van der Waals surface area contributed by atoms with Crippen molar-refractivity contribution in [2.45, 2.75) is 39.0 Å². The van der Waals surface area contributed by atoms with Gasteiger partial charge >= 0.3 is 5.97 Å². The molecule has 110 valence electrons. The van der Waals surface area contributed by atoms with E-state index >= 15 is 0 Å². The first-order valence-corrected chi connectivity index (χ1v) is 7.52. The Labute approximate surface area is 127 Å². The molecule has 0 heterocycles. The molecular formula is C15H20BrNO3. The van der Waals surface area contributed by atoms with Crippen LogP contribution in [-0.2, 0) is 16.0 Å². The van der Waals surface area contributed by atoms with Gasteiger partial charge in [-0.3, -0.25) is 9.59 Å². The van der Waals surface area contributed by atoms with E-state index in [1.54, 1.807) is 0 Å². The van der Waals surface area contributed by atoms with Crippen molar-refractivity contribution in [2.75, 3.05) is 6.54 Å². The van der Waals surface area contributed by atoms with Gasteiger partial charge in [0.25, 0.3) is 0 Å². The van der Waals surface area contributed by atoms with Gasteiger partial charge in [-0.05, 0) is 37.0 Å². The van der Waals surface area contributed by atoms with Gasteiger partial charge in [0.1, 0.15) is 0 Å². The zero-order valence-corrected chi connectivity index (χ0v) is 13.2. The minimum Gasteiger partial charge on any atom is -0.481 e. The summed E-state index contributed by atoms with van der Waals surface area (Å²) < 4.78 is 1.01. The lowest BCUT2D eigenvalue weighted by atomic mass is 10.1.